The predicted molar refractivity (Wildman–Crippen MR) is 315 cm³/mol. The van der Waals surface area contributed by atoms with Gasteiger partial charge < -0.3 is 15.3 Å². The smallest absolute Gasteiger partial charge is 0.139 e. The molecule has 0 fully saturated rings. The molecule has 0 aliphatic rings. The van der Waals surface area contributed by atoms with Crippen LogP contribution in [0.1, 0.15) is 231 Å². The lowest BCUT2D eigenvalue weighted by Crippen LogP contribution is -2.22. The predicted octanol–water partition coefficient (Wildman–Crippen LogP) is 18.2. The minimum absolute atomic E-state index is 0.165. The van der Waals surface area contributed by atoms with Crippen LogP contribution in [0.25, 0.3) is 33.4 Å². The second-order valence-corrected chi connectivity index (χ2v) is 27.7. The van der Waals surface area contributed by atoms with Gasteiger partial charge in [0.1, 0.15) is 34.7 Å². The Morgan fingerprint density at radius 2 is 0.493 bits per heavy atom. The van der Waals surface area contributed by atoms with Crippen molar-refractivity contribution in [2.75, 3.05) is 0 Å². The summed E-state index contributed by atoms with van der Waals surface area (Å²) < 4.78 is 0. The van der Waals surface area contributed by atoms with Crippen LogP contribution in [-0.2, 0) is 32.5 Å². The molecule has 3 N–H and O–H groups in total. The van der Waals surface area contributed by atoms with E-state index in [-0.39, 0.29) is 67.5 Å². The molecule has 1 aromatic heterocycles. The van der Waals surface area contributed by atoms with Gasteiger partial charge in [0.2, 0.25) is 0 Å². The first-order valence-corrected chi connectivity index (χ1v) is 27.2. The van der Waals surface area contributed by atoms with E-state index in [1.54, 1.807) is 36.4 Å². The summed E-state index contributed by atoms with van der Waals surface area (Å²) in [5.74, 6) is 1.81. The average Bonchev–Trinajstić information content (AvgIpc) is 3.31. The summed E-state index contributed by atoms with van der Waals surface area (Å²) in [6, 6.07) is 37.1. The van der Waals surface area contributed by atoms with E-state index in [0.717, 1.165) is 50.1 Å². The van der Waals surface area contributed by atoms with Crippen molar-refractivity contribution in [1.29, 1.82) is 0 Å². The van der Waals surface area contributed by atoms with Crippen molar-refractivity contribution in [3.8, 4) is 50.6 Å². The van der Waals surface area contributed by atoms with Crippen LogP contribution in [0.2, 0.25) is 0 Å². The number of aromatic nitrogens is 3. The van der Waals surface area contributed by atoms with Crippen molar-refractivity contribution in [2.45, 2.75) is 196 Å². The molecule has 7 rings (SSSR count). The Bertz CT molecular complexity index is 2840. The molecule has 75 heavy (non-hydrogen) atoms. The first kappa shape index (κ1) is 56.5. The van der Waals surface area contributed by atoms with Gasteiger partial charge in [0, 0.05) is 17.8 Å². The number of hydrogen-bond donors (Lipinski definition) is 3. The van der Waals surface area contributed by atoms with Gasteiger partial charge in [-0.15, -0.1) is 0 Å². The van der Waals surface area contributed by atoms with Gasteiger partial charge in [-0.3, -0.25) is 0 Å². The number of aromatic hydroxyl groups is 3. The van der Waals surface area contributed by atoms with E-state index in [4.69, 9.17) is 15.0 Å². The lowest BCUT2D eigenvalue weighted by molar-refractivity contribution is 0.475. The summed E-state index contributed by atoms with van der Waals surface area (Å²) in [5, 5.41) is 31.8. The first-order valence-electron chi connectivity index (χ1n) is 27.2. The van der Waals surface area contributed by atoms with E-state index in [1.165, 1.54) is 33.4 Å². The summed E-state index contributed by atoms with van der Waals surface area (Å²) in [6.45, 7) is 47.7. The van der Waals surface area contributed by atoms with Crippen LogP contribution in [0.4, 0.5) is 0 Å². The molecule has 0 aliphatic carbocycles. The molecule has 0 aliphatic heterocycles. The second-order valence-electron chi connectivity index (χ2n) is 27.7. The van der Waals surface area contributed by atoms with Crippen LogP contribution in [-0.4, -0.2) is 30.3 Å². The Morgan fingerprint density at radius 1 is 0.293 bits per heavy atom. The zero-order chi connectivity index (χ0) is 55.7. The number of rotatable bonds is 9. The molecule has 0 saturated heterocycles. The Hall–Kier alpha value is -6.27. The van der Waals surface area contributed by atoms with Gasteiger partial charge in [-0.1, -0.05) is 218 Å². The van der Waals surface area contributed by atoms with Crippen LogP contribution in [0.3, 0.4) is 0 Å². The fourth-order valence-electron chi connectivity index (χ4n) is 10.4. The van der Waals surface area contributed by atoms with Crippen LogP contribution in [0.15, 0.2) is 109 Å². The highest BCUT2D eigenvalue weighted by atomic mass is 16.3. The van der Waals surface area contributed by atoms with Crippen molar-refractivity contribution < 1.29 is 15.3 Å². The van der Waals surface area contributed by atoms with Crippen LogP contribution in [0, 0.1) is 0 Å². The number of phenolic OH excluding ortho intramolecular Hbond substituents is 3. The van der Waals surface area contributed by atoms with Crippen molar-refractivity contribution in [2.24, 2.45) is 0 Å². The van der Waals surface area contributed by atoms with Gasteiger partial charge in [-0.05, 0) is 152 Å². The van der Waals surface area contributed by atoms with Crippen LogP contribution in [0.5, 0.6) is 17.2 Å². The second kappa shape index (κ2) is 20.0. The van der Waals surface area contributed by atoms with Crippen LogP contribution < -0.4 is 0 Å². The van der Waals surface area contributed by atoms with E-state index >= 15 is 0 Å². The number of nitrogens with zero attached hydrogens (tertiary/aromatic N) is 3. The standard InChI is InChI=1S/C69H87N3O3/c1-40(52-34-46(64(4,5)6)37-55(67(13,14)15)58(52)43-22-28-49(73)29-23-43)61-70-62(41(2)53-35-47(65(7,8)9)38-56(68(16,17)18)59(53)44-24-30-50(74)31-25-44)72-63(71-61)42(3)54-36-48(66(10,11)12)39-57(69(19,20)21)60(54)45-26-32-51(75)33-27-45/h22-42,73-75H,1-21H3. The van der Waals surface area contributed by atoms with Crippen molar-refractivity contribution in [3.05, 3.63) is 177 Å². The Morgan fingerprint density at radius 3 is 0.667 bits per heavy atom. The molecule has 6 aromatic carbocycles. The third kappa shape index (κ3) is 12.1. The Kier molecular flexibility index (Phi) is 15.1. The van der Waals surface area contributed by atoms with E-state index in [9.17, 15) is 15.3 Å². The molecule has 3 atom stereocenters. The zero-order valence-corrected chi connectivity index (χ0v) is 49.3. The number of phenols is 3. The molecule has 1 heterocycles. The van der Waals surface area contributed by atoms with Gasteiger partial charge in [0.05, 0.1) is 0 Å². The molecule has 0 bridgehead atoms. The Balaban J connectivity index is 1.63. The van der Waals surface area contributed by atoms with Gasteiger partial charge in [0.15, 0.2) is 0 Å². The summed E-state index contributed by atoms with van der Waals surface area (Å²) in [5.41, 5.74) is 15.9. The third-order valence-corrected chi connectivity index (χ3v) is 15.2. The fourth-order valence-corrected chi connectivity index (χ4v) is 10.4. The maximum absolute atomic E-state index is 10.6. The van der Waals surface area contributed by atoms with Gasteiger partial charge in [-0.25, -0.2) is 15.0 Å². The molecule has 3 unspecified atom stereocenters. The minimum Gasteiger partial charge on any atom is -0.508 e. The fraction of sp³-hybridized carbons (Fsp3) is 0.435. The monoisotopic (exact) mass is 1010 g/mol. The Labute approximate surface area is 451 Å². The molecular weight excluding hydrogens is 919 g/mol. The lowest BCUT2D eigenvalue weighted by atomic mass is 9.73. The lowest BCUT2D eigenvalue weighted by Gasteiger charge is -2.32. The highest BCUT2D eigenvalue weighted by molar-refractivity contribution is 5.78. The average molecular weight is 1010 g/mol. The van der Waals surface area contributed by atoms with E-state index < -0.39 is 0 Å². The largest absolute Gasteiger partial charge is 0.508 e. The van der Waals surface area contributed by atoms with Gasteiger partial charge >= 0.3 is 0 Å². The molecule has 0 amide bonds. The first-order chi connectivity index (χ1) is 34.4. The molecular formula is C69H87N3O3. The SMILES string of the molecule is CC(c1nc(C(C)c2cc(C(C)(C)C)cc(C(C)(C)C)c2-c2ccc(O)cc2)nc(C(C)c2cc(C(C)(C)C)cc(C(C)(C)C)c2-c2ccc(O)cc2)n1)c1cc(C(C)(C)C)cc(C(C)(C)C)c1-c1ccc(O)cc1. The molecule has 396 valence electrons. The highest BCUT2D eigenvalue weighted by Crippen LogP contribution is 2.48. The molecule has 0 saturated carbocycles. The maximum Gasteiger partial charge on any atom is 0.139 e. The summed E-state index contributed by atoms with van der Waals surface area (Å²) >= 11 is 0. The molecule has 6 nitrogen and oxygen atoms in total. The molecule has 7 aromatic rings. The topological polar surface area (TPSA) is 99.4 Å². The number of benzene rings is 6. The van der Waals surface area contributed by atoms with Crippen molar-refractivity contribution >= 4 is 0 Å². The highest BCUT2D eigenvalue weighted by Gasteiger charge is 2.34. The molecule has 6 heteroatoms. The van der Waals surface area contributed by atoms with Gasteiger partial charge in [0.25, 0.3) is 0 Å². The van der Waals surface area contributed by atoms with Gasteiger partial charge in [-0.2, -0.15) is 0 Å². The van der Waals surface area contributed by atoms with Crippen molar-refractivity contribution in [3.63, 3.8) is 0 Å². The third-order valence-electron chi connectivity index (χ3n) is 15.2. The summed E-state index contributed by atoms with van der Waals surface area (Å²) in [7, 11) is 0. The van der Waals surface area contributed by atoms with Crippen molar-refractivity contribution in [1.82, 2.24) is 15.0 Å². The summed E-state index contributed by atoms with van der Waals surface area (Å²) in [6.07, 6.45) is 0. The maximum atomic E-state index is 10.6. The molecule has 0 radical (unpaired) electrons. The quantitative estimate of drug-likeness (QED) is 0.133. The minimum atomic E-state index is -0.303. The van der Waals surface area contributed by atoms with Crippen LogP contribution >= 0.6 is 0 Å². The van der Waals surface area contributed by atoms with E-state index in [1.807, 2.05) is 36.4 Å². The zero-order valence-electron chi connectivity index (χ0n) is 49.3. The normalized spacial score (nSPS) is 14.2. The number of hydrogen-bond acceptors (Lipinski definition) is 6. The molecule has 0 spiro atoms. The summed E-state index contributed by atoms with van der Waals surface area (Å²) in [4.78, 5) is 17.1. The van der Waals surface area contributed by atoms with E-state index in [0.29, 0.717) is 17.5 Å². The van der Waals surface area contributed by atoms with E-state index in [2.05, 4.69) is 182 Å².